The van der Waals surface area contributed by atoms with Gasteiger partial charge in [-0.3, -0.25) is 0 Å². The van der Waals surface area contributed by atoms with Gasteiger partial charge >= 0.3 is 6.18 Å². The number of rotatable bonds is 2. The zero-order valence-electron chi connectivity index (χ0n) is 10.7. The van der Waals surface area contributed by atoms with Crippen molar-refractivity contribution in [2.45, 2.75) is 37.5 Å². The maximum Gasteiger partial charge on any atom is 0.416 e. The first-order chi connectivity index (χ1) is 9.31. The average Bonchev–Trinajstić information content (AvgIpc) is 2.99. The fourth-order valence-electron chi connectivity index (χ4n) is 2.33. The Hall–Kier alpha value is -1.20. The van der Waals surface area contributed by atoms with E-state index >= 15 is 0 Å². The van der Waals surface area contributed by atoms with E-state index in [0.717, 1.165) is 25.0 Å². The first kappa shape index (κ1) is 13.8. The van der Waals surface area contributed by atoms with Crippen molar-refractivity contribution in [1.82, 2.24) is 5.06 Å². The van der Waals surface area contributed by atoms with Crippen LogP contribution in [0.15, 0.2) is 35.6 Å². The molecule has 0 aromatic heterocycles. The zero-order valence-corrected chi connectivity index (χ0v) is 11.5. The van der Waals surface area contributed by atoms with Gasteiger partial charge in [0.1, 0.15) is 12.3 Å². The highest BCUT2D eigenvalue weighted by molar-refractivity contribution is 6.30. The molecule has 1 heterocycles. The van der Waals surface area contributed by atoms with Gasteiger partial charge in [-0.25, -0.2) is 0 Å². The molecule has 1 aliphatic heterocycles. The molecule has 0 saturated heterocycles. The van der Waals surface area contributed by atoms with Gasteiger partial charge < -0.3 is 4.84 Å². The van der Waals surface area contributed by atoms with Crippen molar-refractivity contribution in [3.63, 3.8) is 0 Å². The summed E-state index contributed by atoms with van der Waals surface area (Å²) in [6.45, 7) is 2.05. The summed E-state index contributed by atoms with van der Waals surface area (Å²) >= 11 is 6.14. The van der Waals surface area contributed by atoms with E-state index in [9.17, 15) is 13.2 Å². The molecular formula is C14H13ClF3NO. The Morgan fingerprint density at radius 1 is 1.25 bits per heavy atom. The molecule has 1 aromatic carbocycles. The standard InChI is InChI=1S/C14H13ClF3NO/c1-13(6-7-13)19-12(11(15)8-20-19)9-2-4-10(5-3-9)14(16,17)18/h2-5,8,12H,6-7H2,1H3. The Balaban J connectivity index is 1.89. The third-order valence-electron chi connectivity index (χ3n) is 3.83. The average molecular weight is 304 g/mol. The summed E-state index contributed by atoms with van der Waals surface area (Å²) < 4.78 is 37.7. The molecular weight excluding hydrogens is 291 g/mol. The molecule has 108 valence electrons. The second kappa shape index (κ2) is 4.40. The number of hydrogen-bond donors (Lipinski definition) is 0. The van der Waals surface area contributed by atoms with Gasteiger partial charge in [-0.2, -0.15) is 13.2 Å². The fraction of sp³-hybridized carbons (Fsp3) is 0.429. The Kier molecular flexibility index (Phi) is 3.03. The zero-order chi connectivity index (χ0) is 14.5. The molecule has 2 nitrogen and oxygen atoms in total. The molecule has 3 rings (SSSR count). The van der Waals surface area contributed by atoms with Crippen molar-refractivity contribution in [2.75, 3.05) is 0 Å². The highest BCUT2D eigenvalue weighted by atomic mass is 35.5. The molecule has 0 amide bonds. The number of nitrogens with zero attached hydrogens (tertiary/aromatic N) is 1. The van der Waals surface area contributed by atoms with E-state index in [4.69, 9.17) is 16.4 Å². The fourth-order valence-corrected chi connectivity index (χ4v) is 2.59. The normalized spacial score (nSPS) is 25.2. The quantitative estimate of drug-likeness (QED) is 0.790. The maximum absolute atomic E-state index is 12.6. The second-order valence-electron chi connectivity index (χ2n) is 5.45. The van der Waals surface area contributed by atoms with Gasteiger partial charge in [0, 0.05) is 0 Å². The van der Waals surface area contributed by atoms with Crippen LogP contribution >= 0.6 is 11.6 Å². The number of alkyl halides is 3. The summed E-state index contributed by atoms with van der Waals surface area (Å²) in [6.07, 6.45) is -0.899. The molecule has 1 fully saturated rings. The molecule has 0 bridgehead atoms. The second-order valence-corrected chi connectivity index (χ2v) is 5.89. The van der Waals surface area contributed by atoms with Crippen LogP contribution in [0.5, 0.6) is 0 Å². The minimum absolute atomic E-state index is 0.0828. The molecule has 0 spiro atoms. The van der Waals surface area contributed by atoms with E-state index in [1.807, 2.05) is 6.92 Å². The van der Waals surface area contributed by atoms with Crippen molar-refractivity contribution in [1.29, 1.82) is 0 Å². The van der Waals surface area contributed by atoms with Crippen molar-refractivity contribution < 1.29 is 18.0 Å². The number of halogens is 4. The Labute approximate surface area is 119 Å². The molecule has 1 atom stereocenters. The summed E-state index contributed by atoms with van der Waals surface area (Å²) in [4.78, 5) is 5.47. The summed E-state index contributed by atoms with van der Waals surface area (Å²) in [5.74, 6) is 0. The van der Waals surface area contributed by atoms with Gasteiger partial charge in [-0.15, -0.1) is 5.06 Å². The summed E-state index contributed by atoms with van der Waals surface area (Å²) in [5, 5.41) is 2.26. The lowest BCUT2D eigenvalue weighted by molar-refractivity contribution is -0.145. The Morgan fingerprint density at radius 2 is 1.85 bits per heavy atom. The van der Waals surface area contributed by atoms with Crippen molar-refractivity contribution in [3.8, 4) is 0 Å². The van der Waals surface area contributed by atoms with Gasteiger partial charge in [0.25, 0.3) is 0 Å². The molecule has 0 radical (unpaired) electrons. The van der Waals surface area contributed by atoms with Crippen LogP contribution in [0, 0.1) is 0 Å². The lowest BCUT2D eigenvalue weighted by Crippen LogP contribution is -2.34. The number of hydroxylamine groups is 2. The largest absolute Gasteiger partial charge is 0.416 e. The van der Waals surface area contributed by atoms with E-state index in [2.05, 4.69) is 0 Å². The molecule has 1 aromatic rings. The Bertz CT molecular complexity index is 549. The Morgan fingerprint density at radius 3 is 2.35 bits per heavy atom. The first-order valence-corrected chi connectivity index (χ1v) is 6.68. The predicted molar refractivity (Wildman–Crippen MR) is 68.7 cm³/mol. The van der Waals surface area contributed by atoms with Crippen LogP contribution < -0.4 is 0 Å². The summed E-state index contributed by atoms with van der Waals surface area (Å²) in [5.41, 5.74) is -0.0464. The molecule has 2 aliphatic rings. The van der Waals surface area contributed by atoms with Crippen LogP contribution in [0.2, 0.25) is 0 Å². The molecule has 1 unspecified atom stereocenters. The summed E-state index contributed by atoms with van der Waals surface area (Å²) in [6, 6.07) is 4.73. The maximum atomic E-state index is 12.6. The van der Waals surface area contributed by atoms with E-state index in [-0.39, 0.29) is 11.6 Å². The van der Waals surface area contributed by atoms with Gasteiger partial charge in [0.15, 0.2) is 0 Å². The van der Waals surface area contributed by atoms with Crippen LogP contribution in [-0.2, 0) is 11.0 Å². The molecule has 1 aliphatic carbocycles. The highest BCUT2D eigenvalue weighted by Gasteiger charge is 2.51. The van der Waals surface area contributed by atoms with E-state index < -0.39 is 11.7 Å². The topological polar surface area (TPSA) is 12.5 Å². The highest BCUT2D eigenvalue weighted by Crippen LogP contribution is 2.50. The van der Waals surface area contributed by atoms with E-state index in [1.54, 1.807) is 5.06 Å². The number of benzene rings is 1. The van der Waals surface area contributed by atoms with Crippen LogP contribution in [0.4, 0.5) is 13.2 Å². The third-order valence-corrected chi connectivity index (χ3v) is 4.13. The van der Waals surface area contributed by atoms with Gasteiger partial charge in [-0.05, 0) is 37.5 Å². The van der Waals surface area contributed by atoms with Crippen LogP contribution in [0.3, 0.4) is 0 Å². The lowest BCUT2D eigenvalue weighted by Gasteiger charge is -2.29. The minimum Gasteiger partial charge on any atom is -0.411 e. The summed E-state index contributed by atoms with van der Waals surface area (Å²) in [7, 11) is 0. The monoisotopic (exact) mass is 303 g/mol. The van der Waals surface area contributed by atoms with Gasteiger partial charge in [0.2, 0.25) is 0 Å². The first-order valence-electron chi connectivity index (χ1n) is 6.30. The van der Waals surface area contributed by atoms with Crippen LogP contribution in [0.1, 0.15) is 36.9 Å². The van der Waals surface area contributed by atoms with Gasteiger partial charge in [-0.1, -0.05) is 23.7 Å². The smallest absolute Gasteiger partial charge is 0.411 e. The van der Waals surface area contributed by atoms with E-state index in [1.165, 1.54) is 18.4 Å². The van der Waals surface area contributed by atoms with Crippen molar-refractivity contribution in [2.24, 2.45) is 0 Å². The predicted octanol–water partition coefficient (Wildman–Crippen LogP) is 4.63. The van der Waals surface area contributed by atoms with Crippen LogP contribution in [0.25, 0.3) is 0 Å². The van der Waals surface area contributed by atoms with Crippen LogP contribution in [-0.4, -0.2) is 10.6 Å². The lowest BCUT2D eigenvalue weighted by atomic mass is 10.0. The van der Waals surface area contributed by atoms with Gasteiger partial charge in [0.05, 0.1) is 16.1 Å². The third kappa shape index (κ3) is 2.29. The number of hydrogen-bond acceptors (Lipinski definition) is 2. The molecule has 20 heavy (non-hydrogen) atoms. The molecule has 6 heteroatoms. The minimum atomic E-state index is -4.33. The molecule has 1 saturated carbocycles. The van der Waals surface area contributed by atoms with Crippen molar-refractivity contribution >= 4 is 11.6 Å². The van der Waals surface area contributed by atoms with E-state index in [0.29, 0.717) is 10.6 Å². The molecule has 0 N–H and O–H groups in total. The van der Waals surface area contributed by atoms with Crippen molar-refractivity contribution in [3.05, 3.63) is 46.7 Å². The SMILES string of the molecule is CC1(N2OC=C(Cl)C2c2ccc(C(F)(F)F)cc2)CC1.